The molecule has 1 aromatic rings. The molecule has 0 bridgehead atoms. The summed E-state index contributed by atoms with van der Waals surface area (Å²) in [5.74, 6) is -0.0124. The lowest BCUT2D eigenvalue weighted by molar-refractivity contribution is 0.385. The van der Waals surface area contributed by atoms with Gasteiger partial charge in [0, 0.05) is 6.04 Å². The molecule has 0 saturated heterocycles. The molecule has 1 atom stereocenters. The van der Waals surface area contributed by atoms with Crippen LogP contribution in [0.15, 0.2) is 18.2 Å². The number of ether oxygens (including phenoxy) is 1. The van der Waals surface area contributed by atoms with Crippen LogP contribution in [-0.4, -0.2) is 13.7 Å². The molecule has 1 aromatic carbocycles. The summed E-state index contributed by atoms with van der Waals surface area (Å²) < 4.78 is 18.2. The molecule has 0 aliphatic heterocycles. The van der Waals surface area contributed by atoms with Crippen molar-refractivity contribution in [3.05, 3.63) is 29.6 Å². The van der Waals surface area contributed by atoms with Gasteiger partial charge >= 0.3 is 0 Å². The van der Waals surface area contributed by atoms with E-state index in [1.807, 2.05) is 13.0 Å². The third-order valence-corrected chi connectivity index (χ3v) is 2.38. The van der Waals surface area contributed by atoms with Crippen LogP contribution >= 0.6 is 0 Å². The van der Waals surface area contributed by atoms with E-state index >= 15 is 0 Å². The Morgan fingerprint density at radius 3 is 2.73 bits per heavy atom. The molecule has 1 rings (SSSR count). The van der Waals surface area contributed by atoms with Gasteiger partial charge in [0.2, 0.25) is 0 Å². The number of methoxy groups -OCH3 is 1. The zero-order valence-electron chi connectivity index (χ0n) is 9.51. The predicted molar refractivity (Wildman–Crippen MR) is 59.7 cm³/mol. The Bertz CT molecular complexity index is 314. The molecule has 1 unspecified atom stereocenters. The van der Waals surface area contributed by atoms with Gasteiger partial charge in [0.05, 0.1) is 7.11 Å². The molecule has 15 heavy (non-hydrogen) atoms. The standard InChI is InChI=1S/C12H18FNO/c1-4-7-14-9(2)10-5-6-12(15-3)11(13)8-10/h5-6,8-9,14H,4,7H2,1-3H3. The van der Waals surface area contributed by atoms with Crippen molar-refractivity contribution in [2.24, 2.45) is 0 Å². The Hall–Kier alpha value is -1.09. The van der Waals surface area contributed by atoms with Crippen LogP contribution in [-0.2, 0) is 0 Å². The van der Waals surface area contributed by atoms with E-state index in [4.69, 9.17) is 4.74 Å². The summed E-state index contributed by atoms with van der Waals surface area (Å²) in [6, 6.07) is 5.24. The largest absolute Gasteiger partial charge is 0.494 e. The van der Waals surface area contributed by atoms with Crippen molar-refractivity contribution in [2.45, 2.75) is 26.3 Å². The highest BCUT2D eigenvalue weighted by atomic mass is 19.1. The minimum Gasteiger partial charge on any atom is -0.494 e. The fourth-order valence-corrected chi connectivity index (χ4v) is 1.43. The minimum absolute atomic E-state index is 0.172. The highest BCUT2D eigenvalue weighted by Crippen LogP contribution is 2.21. The Labute approximate surface area is 90.4 Å². The summed E-state index contributed by atoms with van der Waals surface area (Å²) in [7, 11) is 1.47. The van der Waals surface area contributed by atoms with Gasteiger partial charge in [-0.05, 0) is 37.6 Å². The lowest BCUT2D eigenvalue weighted by Crippen LogP contribution is -2.19. The smallest absolute Gasteiger partial charge is 0.165 e. The first-order valence-electron chi connectivity index (χ1n) is 5.25. The van der Waals surface area contributed by atoms with Gasteiger partial charge < -0.3 is 10.1 Å². The van der Waals surface area contributed by atoms with Crippen molar-refractivity contribution in [3.8, 4) is 5.75 Å². The number of rotatable bonds is 5. The lowest BCUT2D eigenvalue weighted by atomic mass is 10.1. The van der Waals surface area contributed by atoms with Crippen molar-refractivity contribution in [2.75, 3.05) is 13.7 Å². The van der Waals surface area contributed by atoms with Gasteiger partial charge in [-0.25, -0.2) is 4.39 Å². The van der Waals surface area contributed by atoms with Gasteiger partial charge in [0.25, 0.3) is 0 Å². The van der Waals surface area contributed by atoms with Crippen LogP contribution in [0.25, 0.3) is 0 Å². The monoisotopic (exact) mass is 211 g/mol. The van der Waals surface area contributed by atoms with Crippen LogP contribution in [0.3, 0.4) is 0 Å². The van der Waals surface area contributed by atoms with E-state index < -0.39 is 0 Å². The molecule has 1 N–H and O–H groups in total. The second kappa shape index (κ2) is 5.71. The van der Waals surface area contributed by atoms with Crippen LogP contribution in [0.1, 0.15) is 31.9 Å². The highest BCUT2D eigenvalue weighted by molar-refractivity contribution is 5.30. The molecule has 0 heterocycles. The maximum atomic E-state index is 13.4. The molecule has 0 aromatic heterocycles. The van der Waals surface area contributed by atoms with E-state index in [1.54, 1.807) is 6.07 Å². The molecule has 0 aliphatic carbocycles. The van der Waals surface area contributed by atoms with E-state index in [1.165, 1.54) is 13.2 Å². The molecule has 3 heteroatoms. The van der Waals surface area contributed by atoms with Crippen molar-refractivity contribution < 1.29 is 9.13 Å². The van der Waals surface area contributed by atoms with Gasteiger partial charge in [-0.3, -0.25) is 0 Å². The second-order valence-electron chi connectivity index (χ2n) is 3.57. The van der Waals surface area contributed by atoms with Gasteiger partial charge in [-0.2, -0.15) is 0 Å². The van der Waals surface area contributed by atoms with Crippen molar-refractivity contribution in [3.63, 3.8) is 0 Å². The molecule has 0 radical (unpaired) electrons. The van der Waals surface area contributed by atoms with Gasteiger partial charge in [-0.15, -0.1) is 0 Å². The molecule has 0 spiro atoms. The van der Waals surface area contributed by atoms with E-state index in [0.717, 1.165) is 18.5 Å². The maximum Gasteiger partial charge on any atom is 0.165 e. The molecule has 0 aliphatic rings. The summed E-state index contributed by atoms with van der Waals surface area (Å²) in [6.07, 6.45) is 1.07. The average Bonchev–Trinajstić information content (AvgIpc) is 2.25. The van der Waals surface area contributed by atoms with Gasteiger partial charge in [-0.1, -0.05) is 13.0 Å². The van der Waals surface area contributed by atoms with Crippen molar-refractivity contribution >= 4 is 0 Å². The zero-order valence-corrected chi connectivity index (χ0v) is 9.51. The van der Waals surface area contributed by atoms with E-state index in [2.05, 4.69) is 12.2 Å². The third-order valence-electron chi connectivity index (χ3n) is 2.38. The fourth-order valence-electron chi connectivity index (χ4n) is 1.43. The summed E-state index contributed by atoms with van der Waals surface area (Å²) in [4.78, 5) is 0. The summed E-state index contributed by atoms with van der Waals surface area (Å²) in [6.45, 7) is 5.07. The van der Waals surface area contributed by atoms with E-state index in [0.29, 0.717) is 5.75 Å². The van der Waals surface area contributed by atoms with Crippen molar-refractivity contribution in [1.82, 2.24) is 5.32 Å². The number of halogens is 1. The van der Waals surface area contributed by atoms with Crippen LogP contribution in [0.5, 0.6) is 5.75 Å². The Kier molecular flexibility index (Phi) is 4.56. The lowest BCUT2D eigenvalue weighted by Gasteiger charge is -2.14. The maximum absolute atomic E-state index is 13.4. The SMILES string of the molecule is CCCNC(C)c1ccc(OC)c(F)c1. The molecule has 2 nitrogen and oxygen atoms in total. The molecule has 0 fully saturated rings. The second-order valence-corrected chi connectivity index (χ2v) is 3.57. The quantitative estimate of drug-likeness (QED) is 0.808. The Balaban J connectivity index is 2.73. The average molecular weight is 211 g/mol. The topological polar surface area (TPSA) is 21.3 Å². The van der Waals surface area contributed by atoms with Crippen LogP contribution in [0.2, 0.25) is 0 Å². The minimum atomic E-state index is -0.305. The summed E-state index contributed by atoms with van der Waals surface area (Å²) in [5, 5.41) is 3.31. The summed E-state index contributed by atoms with van der Waals surface area (Å²) >= 11 is 0. The van der Waals surface area contributed by atoms with Crippen LogP contribution in [0, 0.1) is 5.82 Å². The first-order chi connectivity index (χ1) is 7.19. The molecule has 0 saturated carbocycles. The normalized spacial score (nSPS) is 12.5. The third kappa shape index (κ3) is 3.20. The first kappa shape index (κ1) is 12.0. The van der Waals surface area contributed by atoms with E-state index in [9.17, 15) is 4.39 Å². The van der Waals surface area contributed by atoms with Gasteiger partial charge in [0.1, 0.15) is 0 Å². The highest BCUT2D eigenvalue weighted by Gasteiger charge is 2.08. The zero-order chi connectivity index (χ0) is 11.3. The number of benzene rings is 1. The van der Waals surface area contributed by atoms with Crippen LogP contribution in [0.4, 0.5) is 4.39 Å². The fraction of sp³-hybridized carbons (Fsp3) is 0.500. The Morgan fingerprint density at radius 2 is 2.20 bits per heavy atom. The number of hydrogen-bond acceptors (Lipinski definition) is 2. The summed E-state index contributed by atoms with van der Waals surface area (Å²) in [5.41, 5.74) is 0.946. The number of hydrogen-bond donors (Lipinski definition) is 1. The predicted octanol–water partition coefficient (Wildman–Crippen LogP) is 2.89. The molecular weight excluding hydrogens is 193 g/mol. The first-order valence-corrected chi connectivity index (χ1v) is 5.25. The molecule has 84 valence electrons. The molecule has 0 amide bonds. The molecular formula is C12H18FNO. The van der Waals surface area contributed by atoms with Crippen LogP contribution < -0.4 is 10.1 Å². The van der Waals surface area contributed by atoms with E-state index in [-0.39, 0.29) is 11.9 Å². The van der Waals surface area contributed by atoms with Crippen molar-refractivity contribution in [1.29, 1.82) is 0 Å². The number of nitrogens with one attached hydrogen (secondary N) is 1. The van der Waals surface area contributed by atoms with Gasteiger partial charge in [0.15, 0.2) is 11.6 Å². The Morgan fingerprint density at radius 1 is 1.47 bits per heavy atom.